The van der Waals surface area contributed by atoms with Crippen molar-refractivity contribution in [1.82, 2.24) is 25.1 Å². The molecule has 2 aromatic rings. The van der Waals surface area contributed by atoms with Crippen LogP contribution in [0.25, 0.3) is 0 Å². The summed E-state index contributed by atoms with van der Waals surface area (Å²) in [5, 5.41) is 10.1. The molecule has 8 heteroatoms. The number of piperidine rings is 1. The number of likely N-dealkylation sites (tertiary alicyclic amines) is 1. The number of H-pyrrole nitrogens is 1. The highest BCUT2D eigenvalue weighted by Gasteiger charge is 2.26. The molecule has 0 aromatic carbocycles. The Labute approximate surface area is 147 Å². The number of ether oxygens (including phenoxy) is 1. The highest BCUT2D eigenvalue weighted by Crippen LogP contribution is 2.26. The van der Waals surface area contributed by atoms with Gasteiger partial charge >= 0.3 is 6.03 Å². The van der Waals surface area contributed by atoms with E-state index in [-0.39, 0.29) is 6.03 Å². The Morgan fingerprint density at radius 1 is 1.36 bits per heavy atom. The van der Waals surface area contributed by atoms with Gasteiger partial charge in [-0.1, -0.05) is 6.92 Å². The molecule has 3 heterocycles. The second kappa shape index (κ2) is 7.96. The van der Waals surface area contributed by atoms with Gasteiger partial charge < -0.3 is 15.0 Å². The predicted molar refractivity (Wildman–Crippen MR) is 93.7 cm³/mol. The number of aryl methyl sites for hydroxylation is 1. The molecule has 2 N–H and O–H groups in total. The average molecular weight is 344 g/mol. The minimum absolute atomic E-state index is 0.103. The summed E-state index contributed by atoms with van der Waals surface area (Å²) in [6, 6.07) is 3.44. The number of pyridine rings is 1. The highest BCUT2D eigenvalue weighted by atomic mass is 16.5. The summed E-state index contributed by atoms with van der Waals surface area (Å²) < 4.78 is 5.30. The van der Waals surface area contributed by atoms with Crippen molar-refractivity contribution < 1.29 is 9.53 Å². The number of hydrogen-bond donors (Lipinski definition) is 2. The Morgan fingerprint density at radius 2 is 2.16 bits per heavy atom. The molecule has 1 aliphatic rings. The number of nitrogens with zero attached hydrogens (tertiary/aromatic N) is 4. The topological polar surface area (TPSA) is 96.0 Å². The number of hydrogen-bond acceptors (Lipinski definition) is 5. The lowest BCUT2D eigenvalue weighted by Crippen LogP contribution is -2.40. The van der Waals surface area contributed by atoms with E-state index in [1.807, 2.05) is 18.7 Å². The number of urea groups is 1. The first-order valence-electron chi connectivity index (χ1n) is 8.75. The fourth-order valence-corrected chi connectivity index (χ4v) is 2.88. The van der Waals surface area contributed by atoms with Crippen LogP contribution in [0.4, 0.5) is 10.5 Å². The Bertz CT molecular complexity index is 691. The summed E-state index contributed by atoms with van der Waals surface area (Å²) in [6.45, 7) is 5.90. The van der Waals surface area contributed by atoms with Gasteiger partial charge in [0.25, 0.3) is 0 Å². The number of nitrogens with one attached hydrogen (secondary N) is 2. The largest absolute Gasteiger partial charge is 0.478 e. The Kier molecular flexibility index (Phi) is 5.47. The molecule has 0 saturated carbocycles. The molecule has 8 nitrogen and oxygen atoms in total. The molecule has 0 radical (unpaired) electrons. The third kappa shape index (κ3) is 4.26. The molecule has 1 aliphatic heterocycles. The maximum Gasteiger partial charge on any atom is 0.321 e. The Hall–Kier alpha value is -2.64. The first-order chi connectivity index (χ1) is 12.2. The summed E-state index contributed by atoms with van der Waals surface area (Å²) in [7, 11) is 0. The number of carbonyl (C=O) groups excluding carboxylic acids is 1. The summed E-state index contributed by atoms with van der Waals surface area (Å²) >= 11 is 0. The molecule has 0 spiro atoms. The van der Waals surface area contributed by atoms with Crippen molar-refractivity contribution in [1.29, 1.82) is 0 Å². The molecule has 25 heavy (non-hydrogen) atoms. The van der Waals surface area contributed by atoms with Gasteiger partial charge in [-0.3, -0.25) is 5.10 Å². The van der Waals surface area contributed by atoms with Crippen molar-refractivity contribution in [2.24, 2.45) is 0 Å². The number of rotatable bonds is 5. The molecule has 134 valence electrons. The van der Waals surface area contributed by atoms with Crippen molar-refractivity contribution in [3.05, 3.63) is 30.0 Å². The van der Waals surface area contributed by atoms with Gasteiger partial charge in [0.15, 0.2) is 5.82 Å². The summed E-state index contributed by atoms with van der Waals surface area (Å²) in [6.07, 6.45) is 4.20. The molecule has 2 amide bonds. The molecular formula is C17H24N6O2. The summed E-state index contributed by atoms with van der Waals surface area (Å²) in [5.41, 5.74) is 0.664. The summed E-state index contributed by atoms with van der Waals surface area (Å²) in [4.78, 5) is 22.9. The van der Waals surface area contributed by atoms with Crippen molar-refractivity contribution in [3.63, 3.8) is 0 Å². The van der Waals surface area contributed by atoms with E-state index in [0.29, 0.717) is 37.2 Å². The number of aromatic nitrogens is 4. The van der Waals surface area contributed by atoms with E-state index in [1.165, 1.54) is 0 Å². The van der Waals surface area contributed by atoms with Gasteiger partial charge in [-0.15, -0.1) is 0 Å². The maximum atomic E-state index is 12.4. The molecule has 1 saturated heterocycles. The van der Waals surface area contributed by atoms with Crippen LogP contribution >= 0.6 is 0 Å². The lowest BCUT2D eigenvalue weighted by Gasteiger charge is -2.30. The van der Waals surface area contributed by atoms with Crippen molar-refractivity contribution in [2.45, 2.75) is 39.0 Å². The first kappa shape index (κ1) is 17.2. The van der Waals surface area contributed by atoms with Crippen molar-refractivity contribution in [2.75, 3.05) is 25.0 Å². The van der Waals surface area contributed by atoms with E-state index >= 15 is 0 Å². The zero-order valence-electron chi connectivity index (χ0n) is 14.7. The van der Waals surface area contributed by atoms with Gasteiger partial charge in [0.1, 0.15) is 5.82 Å². The second-order valence-corrected chi connectivity index (χ2v) is 6.00. The van der Waals surface area contributed by atoms with Gasteiger partial charge in [-0.25, -0.2) is 14.8 Å². The number of anilines is 1. The van der Waals surface area contributed by atoms with E-state index < -0.39 is 0 Å². The molecule has 1 fully saturated rings. The van der Waals surface area contributed by atoms with Crippen LogP contribution < -0.4 is 10.1 Å². The van der Waals surface area contributed by atoms with Crippen LogP contribution in [0.5, 0.6) is 5.88 Å². The third-order valence-electron chi connectivity index (χ3n) is 4.31. The lowest BCUT2D eigenvalue weighted by molar-refractivity contribution is 0.193. The van der Waals surface area contributed by atoms with Gasteiger partial charge in [0.05, 0.1) is 18.5 Å². The fourth-order valence-electron chi connectivity index (χ4n) is 2.88. The van der Waals surface area contributed by atoms with Crippen LogP contribution in [-0.4, -0.2) is 50.8 Å². The summed E-state index contributed by atoms with van der Waals surface area (Å²) in [5.74, 6) is 2.65. The molecule has 0 atom stereocenters. The normalized spacial score (nSPS) is 15.2. The van der Waals surface area contributed by atoms with Crippen molar-refractivity contribution >= 4 is 11.7 Å². The van der Waals surface area contributed by atoms with Crippen LogP contribution in [0.1, 0.15) is 44.3 Å². The minimum Gasteiger partial charge on any atom is -0.478 e. The zero-order valence-corrected chi connectivity index (χ0v) is 14.7. The van der Waals surface area contributed by atoms with Crippen molar-refractivity contribution in [3.8, 4) is 5.88 Å². The van der Waals surface area contributed by atoms with Gasteiger partial charge in [-0.2, -0.15) is 5.10 Å². The maximum absolute atomic E-state index is 12.4. The smallest absolute Gasteiger partial charge is 0.321 e. The van der Waals surface area contributed by atoms with Crippen LogP contribution in [0.3, 0.4) is 0 Å². The number of amides is 2. The molecule has 0 aliphatic carbocycles. The molecule has 3 rings (SSSR count). The SMILES string of the molecule is CCOc1ccc(NC(=O)N2CCC(c3n[nH]c(CC)n3)CC2)cn1. The predicted octanol–water partition coefficient (Wildman–Crippen LogP) is 2.57. The van der Waals surface area contributed by atoms with Crippen LogP contribution in [-0.2, 0) is 6.42 Å². The zero-order chi connectivity index (χ0) is 17.6. The fraction of sp³-hybridized carbons (Fsp3) is 0.529. The Morgan fingerprint density at radius 3 is 2.76 bits per heavy atom. The number of carbonyl (C=O) groups is 1. The highest BCUT2D eigenvalue weighted by molar-refractivity contribution is 5.89. The van der Waals surface area contributed by atoms with Gasteiger partial charge in [-0.05, 0) is 25.8 Å². The van der Waals surface area contributed by atoms with E-state index in [9.17, 15) is 4.79 Å². The number of aromatic amines is 1. The van der Waals surface area contributed by atoms with Crippen LogP contribution in [0, 0.1) is 0 Å². The monoisotopic (exact) mass is 344 g/mol. The molecular weight excluding hydrogens is 320 g/mol. The van der Waals surface area contributed by atoms with Gasteiger partial charge in [0, 0.05) is 31.5 Å². The molecule has 0 bridgehead atoms. The average Bonchev–Trinajstić information content (AvgIpc) is 3.13. The van der Waals surface area contributed by atoms with Crippen LogP contribution in [0.15, 0.2) is 18.3 Å². The first-order valence-corrected chi connectivity index (χ1v) is 8.75. The quantitative estimate of drug-likeness (QED) is 0.869. The minimum atomic E-state index is -0.103. The van der Waals surface area contributed by atoms with E-state index in [4.69, 9.17) is 4.74 Å². The Balaban J connectivity index is 1.51. The molecule has 0 unspecified atom stereocenters. The second-order valence-electron chi connectivity index (χ2n) is 6.00. The van der Waals surface area contributed by atoms with E-state index in [1.54, 1.807) is 18.3 Å². The molecule has 2 aromatic heterocycles. The van der Waals surface area contributed by atoms with Crippen LogP contribution in [0.2, 0.25) is 0 Å². The van der Waals surface area contributed by atoms with Gasteiger partial charge in [0.2, 0.25) is 5.88 Å². The third-order valence-corrected chi connectivity index (χ3v) is 4.31. The lowest BCUT2D eigenvalue weighted by atomic mass is 9.96. The van der Waals surface area contributed by atoms with E-state index in [2.05, 4.69) is 25.5 Å². The standard InChI is InChI=1S/C17H24N6O2/c1-3-14-20-16(22-21-14)12-7-9-23(10-8-12)17(24)19-13-5-6-15(18-11-13)25-4-2/h5-6,11-12H,3-4,7-10H2,1-2H3,(H,19,24)(H,20,21,22). The van der Waals surface area contributed by atoms with E-state index in [0.717, 1.165) is 30.9 Å².